The Hall–Kier alpha value is -3.97. The summed E-state index contributed by atoms with van der Waals surface area (Å²) in [5.74, 6) is 0.946. The zero-order valence-electron chi connectivity index (χ0n) is 20.0. The van der Waals surface area contributed by atoms with Crippen molar-refractivity contribution in [3.05, 3.63) is 48.9 Å². The van der Waals surface area contributed by atoms with Gasteiger partial charge in [-0.15, -0.1) is 0 Å². The van der Waals surface area contributed by atoms with Crippen LogP contribution in [0.3, 0.4) is 0 Å². The second kappa shape index (κ2) is 11.2. The molecule has 0 spiro atoms. The Morgan fingerprint density at radius 1 is 1.19 bits per heavy atom. The standard InChI is InChI=1S/C26H29N7O3/c27-12-9-24(18-3-1-2-4-18)33-16-19(15-29-33)23-10-13-28-25(32-23)30-20-5-7-21(8-6-20)31-26(34)36-22-11-14-35-17-22/h5-8,10,13,15-16,18,22,24H,1-4,9,11,14,17H2,(H,31,34)(H,28,30,32)/t22-,24?/m1/s1. The van der Waals surface area contributed by atoms with E-state index in [0.717, 1.165) is 36.2 Å². The lowest BCUT2D eigenvalue weighted by Gasteiger charge is -2.21. The number of benzene rings is 1. The fraction of sp³-hybridized carbons (Fsp3) is 0.423. The van der Waals surface area contributed by atoms with E-state index in [1.165, 1.54) is 12.8 Å². The van der Waals surface area contributed by atoms with Crippen LogP contribution in [0.1, 0.15) is 44.6 Å². The molecule has 1 aliphatic carbocycles. The molecule has 0 bridgehead atoms. The van der Waals surface area contributed by atoms with Crippen LogP contribution in [-0.2, 0) is 9.47 Å². The van der Waals surface area contributed by atoms with E-state index in [1.807, 2.05) is 29.1 Å². The molecule has 36 heavy (non-hydrogen) atoms. The van der Waals surface area contributed by atoms with E-state index in [1.54, 1.807) is 24.5 Å². The molecule has 2 aliphatic rings. The number of nitrogens with zero attached hydrogens (tertiary/aromatic N) is 5. The molecular weight excluding hydrogens is 458 g/mol. The summed E-state index contributed by atoms with van der Waals surface area (Å²) in [7, 11) is 0. The van der Waals surface area contributed by atoms with Gasteiger partial charge in [0.25, 0.3) is 0 Å². The van der Waals surface area contributed by atoms with Crippen molar-refractivity contribution in [3.63, 3.8) is 0 Å². The van der Waals surface area contributed by atoms with Crippen molar-refractivity contribution < 1.29 is 14.3 Å². The molecule has 2 fully saturated rings. The molecule has 5 rings (SSSR count). The average molecular weight is 488 g/mol. The predicted molar refractivity (Wildman–Crippen MR) is 134 cm³/mol. The number of anilines is 3. The minimum absolute atomic E-state index is 0.0987. The van der Waals surface area contributed by atoms with Crippen molar-refractivity contribution in [1.29, 1.82) is 5.26 Å². The molecular formula is C26H29N7O3. The van der Waals surface area contributed by atoms with Crippen LogP contribution in [-0.4, -0.2) is 45.2 Å². The molecule has 1 aromatic carbocycles. The van der Waals surface area contributed by atoms with Crippen LogP contribution in [0.25, 0.3) is 11.3 Å². The maximum Gasteiger partial charge on any atom is 0.411 e. The third-order valence-corrected chi connectivity index (χ3v) is 6.69. The molecule has 3 heterocycles. The van der Waals surface area contributed by atoms with E-state index in [-0.39, 0.29) is 12.1 Å². The first-order valence-electron chi connectivity index (χ1n) is 12.3. The first-order chi connectivity index (χ1) is 17.7. The zero-order chi connectivity index (χ0) is 24.7. The number of ether oxygens (including phenoxy) is 2. The number of hydrogen-bond donors (Lipinski definition) is 2. The first-order valence-corrected chi connectivity index (χ1v) is 12.3. The van der Waals surface area contributed by atoms with Crippen molar-refractivity contribution in [2.24, 2.45) is 5.92 Å². The smallest absolute Gasteiger partial charge is 0.411 e. The molecule has 2 atom stereocenters. The van der Waals surface area contributed by atoms with Gasteiger partial charge >= 0.3 is 6.09 Å². The number of nitriles is 1. The molecule has 1 saturated heterocycles. The maximum atomic E-state index is 12.0. The fourth-order valence-corrected chi connectivity index (χ4v) is 4.81. The summed E-state index contributed by atoms with van der Waals surface area (Å²) in [6.45, 7) is 1.06. The Kier molecular flexibility index (Phi) is 7.38. The Bertz CT molecular complexity index is 1210. The molecule has 10 heteroatoms. The van der Waals surface area contributed by atoms with Gasteiger partial charge in [-0.1, -0.05) is 12.8 Å². The molecule has 1 amide bonds. The molecule has 1 unspecified atom stereocenters. The van der Waals surface area contributed by atoms with Gasteiger partial charge in [-0.25, -0.2) is 14.8 Å². The van der Waals surface area contributed by atoms with Crippen molar-refractivity contribution in [2.45, 2.75) is 50.7 Å². The number of hydrogen-bond acceptors (Lipinski definition) is 8. The molecule has 186 valence electrons. The Morgan fingerprint density at radius 3 is 2.75 bits per heavy atom. The first kappa shape index (κ1) is 23.8. The number of aromatic nitrogens is 4. The normalized spacial score (nSPS) is 18.5. The minimum Gasteiger partial charge on any atom is -0.443 e. The number of nitrogens with one attached hydrogen (secondary N) is 2. The number of carbonyl (C=O) groups excluding carboxylic acids is 1. The maximum absolute atomic E-state index is 12.0. The highest BCUT2D eigenvalue weighted by Gasteiger charge is 2.27. The van der Waals surface area contributed by atoms with Gasteiger partial charge in [0.1, 0.15) is 6.10 Å². The SMILES string of the molecule is N#CCC(C1CCCC1)n1cc(-c2ccnc(Nc3ccc(NC(=O)O[C@@H]4CCOC4)cc3)n2)cn1. The highest BCUT2D eigenvalue weighted by Crippen LogP contribution is 2.36. The molecule has 2 N–H and O–H groups in total. The van der Waals surface area contributed by atoms with E-state index in [2.05, 4.69) is 31.8 Å². The lowest BCUT2D eigenvalue weighted by Crippen LogP contribution is -2.22. The third-order valence-electron chi connectivity index (χ3n) is 6.69. The van der Waals surface area contributed by atoms with Gasteiger partial charge < -0.3 is 14.8 Å². The summed E-state index contributed by atoms with van der Waals surface area (Å²) in [5.41, 5.74) is 3.03. The molecule has 2 aromatic heterocycles. The van der Waals surface area contributed by atoms with Crippen LogP contribution >= 0.6 is 0 Å². The number of amides is 1. The zero-order valence-corrected chi connectivity index (χ0v) is 20.0. The van der Waals surface area contributed by atoms with E-state index in [9.17, 15) is 10.1 Å². The second-order valence-corrected chi connectivity index (χ2v) is 9.17. The summed E-state index contributed by atoms with van der Waals surface area (Å²) < 4.78 is 12.5. The van der Waals surface area contributed by atoms with Crippen LogP contribution in [0.15, 0.2) is 48.9 Å². The summed E-state index contributed by atoms with van der Waals surface area (Å²) in [6.07, 6.45) is 10.7. The van der Waals surface area contributed by atoms with E-state index >= 15 is 0 Å². The van der Waals surface area contributed by atoms with E-state index in [0.29, 0.717) is 37.2 Å². The summed E-state index contributed by atoms with van der Waals surface area (Å²) >= 11 is 0. The topological polar surface area (TPSA) is 127 Å². The Morgan fingerprint density at radius 2 is 2.00 bits per heavy atom. The van der Waals surface area contributed by atoms with Crippen LogP contribution in [0.2, 0.25) is 0 Å². The largest absolute Gasteiger partial charge is 0.443 e. The minimum atomic E-state index is -0.493. The lowest BCUT2D eigenvalue weighted by atomic mass is 9.96. The summed E-state index contributed by atoms with van der Waals surface area (Å²) in [5, 5.41) is 19.8. The van der Waals surface area contributed by atoms with E-state index in [4.69, 9.17) is 9.47 Å². The lowest BCUT2D eigenvalue weighted by molar-refractivity contribution is 0.0932. The average Bonchev–Trinajstić information content (AvgIpc) is 3.67. The Labute approximate surface area is 209 Å². The highest BCUT2D eigenvalue weighted by molar-refractivity contribution is 5.85. The van der Waals surface area contributed by atoms with Crippen molar-refractivity contribution in [1.82, 2.24) is 19.7 Å². The summed E-state index contributed by atoms with van der Waals surface area (Å²) in [6, 6.07) is 11.5. The van der Waals surface area contributed by atoms with Gasteiger partial charge in [-0.2, -0.15) is 10.4 Å². The number of rotatable bonds is 8. The molecule has 10 nitrogen and oxygen atoms in total. The summed E-state index contributed by atoms with van der Waals surface area (Å²) in [4.78, 5) is 21.0. The second-order valence-electron chi connectivity index (χ2n) is 9.17. The van der Waals surface area contributed by atoms with Crippen molar-refractivity contribution in [2.75, 3.05) is 23.8 Å². The van der Waals surface area contributed by atoms with Crippen LogP contribution in [0.4, 0.5) is 22.1 Å². The van der Waals surface area contributed by atoms with Crippen LogP contribution < -0.4 is 10.6 Å². The highest BCUT2D eigenvalue weighted by atomic mass is 16.6. The van der Waals surface area contributed by atoms with Crippen LogP contribution in [0.5, 0.6) is 0 Å². The van der Waals surface area contributed by atoms with Crippen molar-refractivity contribution >= 4 is 23.4 Å². The molecule has 1 aliphatic heterocycles. The van der Waals surface area contributed by atoms with Gasteiger partial charge in [0.05, 0.1) is 43.6 Å². The molecule has 1 saturated carbocycles. The predicted octanol–water partition coefficient (Wildman–Crippen LogP) is 5.07. The molecule has 0 radical (unpaired) electrons. The van der Waals surface area contributed by atoms with Gasteiger partial charge in [-0.05, 0) is 49.1 Å². The van der Waals surface area contributed by atoms with Crippen LogP contribution in [0, 0.1) is 17.2 Å². The quantitative estimate of drug-likeness (QED) is 0.451. The monoisotopic (exact) mass is 487 g/mol. The van der Waals surface area contributed by atoms with Gasteiger partial charge in [0, 0.05) is 35.8 Å². The molecule has 3 aromatic rings. The van der Waals surface area contributed by atoms with Gasteiger partial charge in [0.2, 0.25) is 5.95 Å². The fourth-order valence-electron chi connectivity index (χ4n) is 4.81. The van der Waals surface area contributed by atoms with E-state index < -0.39 is 6.09 Å². The van der Waals surface area contributed by atoms with Gasteiger partial charge in [0.15, 0.2) is 0 Å². The van der Waals surface area contributed by atoms with Crippen molar-refractivity contribution in [3.8, 4) is 17.3 Å². The Balaban J connectivity index is 1.22. The third kappa shape index (κ3) is 5.80. The van der Waals surface area contributed by atoms with Gasteiger partial charge in [-0.3, -0.25) is 10.00 Å². The number of carbonyl (C=O) groups is 1.